The Morgan fingerprint density at radius 1 is 1.12 bits per heavy atom. The minimum absolute atomic E-state index is 0.316. The highest BCUT2D eigenvalue weighted by Crippen LogP contribution is 2.38. The molecule has 3 aromatic rings. The molecule has 0 saturated carbocycles. The normalized spacial score (nSPS) is 13.3. The molecule has 3 rings (SSSR count). The summed E-state index contributed by atoms with van der Waals surface area (Å²) in [5, 5.41) is 5.56. The van der Waals surface area contributed by atoms with E-state index in [-0.39, 0.29) is 0 Å². The molecule has 1 unspecified atom stereocenters. The Morgan fingerprint density at radius 2 is 2.00 bits per heavy atom. The fourth-order valence-corrected chi connectivity index (χ4v) is 5.71. The SMILES string of the molecule is CNC(c1ccc(Br)s1)c1cc2sccc2s1. The molecular formula is C12H10BrNS3. The third-order valence-corrected chi connectivity index (χ3v) is 6.46. The van der Waals surface area contributed by atoms with Gasteiger partial charge in [0.2, 0.25) is 0 Å². The van der Waals surface area contributed by atoms with Crippen molar-refractivity contribution in [3.05, 3.63) is 43.2 Å². The summed E-state index contributed by atoms with van der Waals surface area (Å²) in [6.45, 7) is 0. The summed E-state index contributed by atoms with van der Waals surface area (Å²) in [4.78, 5) is 2.75. The first-order valence-electron chi connectivity index (χ1n) is 5.17. The minimum Gasteiger partial charge on any atom is -0.308 e. The maximum Gasteiger partial charge on any atom is 0.0763 e. The molecule has 1 N–H and O–H groups in total. The van der Waals surface area contributed by atoms with E-state index < -0.39 is 0 Å². The second-order valence-corrected chi connectivity index (χ2v) is 8.22. The number of rotatable bonds is 3. The monoisotopic (exact) mass is 343 g/mol. The number of thiophene rings is 3. The molecule has 88 valence electrons. The van der Waals surface area contributed by atoms with Gasteiger partial charge in [0, 0.05) is 19.2 Å². The highest BCUT2D eigenvalue weighted by molar-refractivity contribution is 9.11. The predicted octanol–water partition coefficient (Wildman–Crippen LogP) is 5.10. The second-order valence-electron chi connectivity index (χ2n) is 3.66. The van der Waals surface area contributed by atoms with Crippen LogP contribution in [0.5, 0.6) is 0 Å². The van der Waals surface area contributed by atoms with Crippen LogP contribution in [0.3, 0.4) is 0 Å². The molecule has 3 aromatic heterocycles. The van der Waals surface area contributed by atoms with Crippen LogP contribution in [0.25, 0.3) is 9.40 Å². The van der Waals surface area contributed by atoms with Crippen LogP contribution in [0.15, 0.2) is 33.4 Å². The highest BCUT2D eigenvalue weighted by Gasteiger charge is 2.17. The van der Waals surface area contributed by atoms with Gasteiger partial charge in [-0.2, -0.15) is 0 Å². The number of nitrogens with one attached hydrogen (secondary N) is 1. The Labute approximate surface area is 120 Å². The standard InChI is InChI=1S/C12H10BrNS3/c1-14-12(8-2-3-11(13)17-8)10-6-9-7(16-10)4-5-15-9/h2-6,12,14H,1H3. The first-order chi connectivity index (χ1) is 8.28. The van der Waals surface area contributed by atoms with Crippen LogP contribution in [0.2, 0.25) is 0 Å². The Hall–Kier alpha value is -0.200. The van der Waals surface area contributed by atoms with Crippen LogP contribution in [0, 0.1) is 0 Å². The average molecular weight is 344 g/mol. The zero-order valence-electron chi connectivity index (χ0n) is 9.07. The summed E-state index contributed by atoms with van der Waals surface area (Å²) in [6.07, 6.45) is 0. The fraction of sp³-hybridized carbons (Fsp3) is 0.167. The van der Waals surface area contributed by atoms with Crippen LogP contribution in [-0.4, -0.2) is 7.05 Å². The van der Waals surface area contributed by atoms with Gasteiger partial charge in [-0.25, -0.2) is 0 Å². The van der Waals surface area contributed by atoms with Gasteiger partial charge in [0.15, 0.2) is 0 Å². The lowest BCUT2D eigenvalue weighted by Gasteiger charge is -2.11. The van der Waals surface area contributed by atoms with Gasteiger partial charge in [-0.1, -0.05) is 0 Å². The van der Waals surface area contributed by atoms with E-state index in [1.54, 1.807) is 11.3 Å². The molecule has 1 nitrogen and oxygen atoms in total. The number of hydrogen-bond donors (Lipinski definition) is 1. The summed E-state index contributed by atoms with van der Waals surface area (Å²) in [6, 6.07) is 9.12. The molecule has 0 aliphatic rings. The van der Waals surface area contributed by atoms with Gasteiger partial charge in [-0.3, -0.25) is 0 Å². The van der Waals surface area contributed by atoms with Crippen LogP contribution in [0.1, 0.15) is 15.8 Å². The first kappa shape index (κ1) is 11.9. The molecule has 0 fully saturated rings. The molecule has 1 atom stereocenters. The lowest BCUT2D eigenvalue weighted by atomic mass is 10.2. The molecule has 3 heterocycles. The summed E-state index contributed by atoms with van der Waals surface area (Å²) >= 11 is 9.01. The number of hydrogen-bond acceptors (Lipinski definition) is 4. The lowest BCUT2D eigenvalue weighted by Crippen LogP contribution is -2.14. The van der Waals surface area contributed by atoms with Crippen molar-refractivity contribution in [2.75, 3.05) is 7.05 Å². The second kappa shape index (κ2) is 4.82. The molecule has 5 heteroatoms. The predicted molar refractivity (Wildman–Crippen MR) is 82.6 cm³/mol. The van der Waals surface area contributed by atoms with E-state index in [2.05, 4.69) is 50.9 Å². The minimum atomic E-state index is 0.316. The first-order valence-corrected chi connectivity index (χ1v) is 8.48. The largest absolute Gasteiger partial charge is 0.308 e. The van der Waals surface area contributed by atoms with Crippen LogP contribution < -0.4 is 5.32 Å². The van der Waals surface area contributed by atoms with Gasteiger partial charge < -0.3 is 5.32 Å². The van der Waals surface area contributed by atoms with Gasteiger partial charge in [-0.15, -0.1) is 34.0 Å². The van der Waals surface area contributed by atoms with E-state index in [1.807, 2.05) is 29.7 Å². The average Bonchev–Trinajstić information content (AvgIpc) is 2.95. The van der Waals surface area contributed by atoms with E-state index in [9.17, 15) is 0 Å². The van der Waals surface area contributed by atoms with Crippen molar-refractivity contribution in [1.82, 2.24) is 5.32 Å². The molecule has 0 radical (unpaired) electrons. The molecule has 0 aromatic carbocycles. The number of halogens is 1. The van der Waals surface area contributed by atoms with E-state index >= 15 is 0 Å². The molecule has 0 spiro atoms. The maximum absolute atomic E-state index is 3.53. The van der Waals surface area contributed by atoms with Gasteiger partial charge in [0.1, 0.15) is 0 Å². The Kier molecular flexibility index (Phi) is 3.36. The third-order valence-electron chi connectivity index (χ3n) is 2.61. The van der Waals surface area contributed by atoms with Crippen LogP contribution in [-0.2, 0) is 0 Å². The molecule has 0 aliphatic carbocycles. The molecule has 17 heavy (non-hydrogen) atoms. The summed E-state index contributed by atoms with van der Waals surface area (Å²) < 4.78 is 3.97. The van der Waals surface area contributed by atoms with Gasteiger partial charge in [0.25, 0.3) is 0 Å². The molecule has 0 aliphatic heterocycles. The maximum atomic E-state index is 3.53. The van der Waals surface area contributed by atoms with Crippen molar-refractivity contribution in [3.8, 4) is 0 Å². The molecule has 0 saturated heterocycles. The van der Waals surface area contributed by atoms with Crippen molar-refractivity contribution >= 4 is 59.3 Å². The van der Waals surface area contributed by atoms with Crippen molar-refractivity contribution in [1.29, 1.82) is 0 Å². The van der Waals surface area contributed by atoms with Crippen molar-refractivity contribution in [2.45, 2.75) is 6.04 Å². The zero-order chi connectivity index (χ0) is 11.8. The summed E-state index contributed by atoms with van der Waals surface area (Å²) in [7, 11) is 2.02. The lowest BCUT2D eigenvalue weighted by molar-refractivity contribution is 0.717. The van der Waals surface area contributed by atoms with Crippen molar-refractivity contribution < 1.29 is 0 Å². The Balaban J connectivity index is 2.03. The topological polar surface area (TPSA) is 12.0 Å². The summed E-state index contributed by atoms with van der Waals surface area (Å²) in [5.41, 5.74) is 0. The third kappa shape index (κ3) is 2.22. The van der Waals surface area contributed by atoms with Gasteiger partial charge in [0.05, 0.1) is 9.83 Å². The van der Waals surface area contributed by atoms with Gasteiger partial charge >= 0.3 is 0 Å². The quantitative estimate of drug-likeness (QED) is 0.697. The van der Waals surface area contributed by atoms with Crippen LogP contribution >= 0.6 is 49.9 Å². The Morgan fingerprint density at radius 3 is 2.65 bits per heavy atom. The van der Waals surface area contributed by atoms with E-state index in [0.29, 0.717) is 6.04 Å². The zero-order valence-corrected chi connectivity index (χ0v) is 13.1. The van der Waals surface area contributed by atoms with E-state index in [0.717, 1.165) is 0 Å². The van der Waals surface area contributed by atoms with E-state index in [1.165, 1.54) is 22.9 Å². The summed E-state index contributed by atoms with van der Waals surface area (Å²) in [5.74, 6) is 0. The van der Waals surface area contributed by atoms with Crippen molar-refractivity contribution in [3.63, 3.8) is 0 Å². The van der Waals surface area contributed by atoms with Crippen molar-refractivity contribution in [2.24, 2.45) is 0 Å². The van der Waals surface area contributed by atoms with E-state index in [4.69, 9.17) is 0 Å². The van der Waals surface area contributed by atoms with Gasteiger partial charge in [-0.05, 0) is 52.6 Å². The molecular weight excluding hydrogens is 334 g/mol. The fourth-order valence-electron chi connectivity index (χ4n) is 1.83. The smallest absolute Gasteiger partial charge is 0.0763 e. The Bertz CT molecular complexity index is 608. The molecule has 0 amide bonds. The number of fused-ring (bicyclic) bond motifs is 1. The highest BCUT2D eigenvalue weighted by atomic mass is 79.9. The molecule has 0 bridgehead atoms. The van der Waals surface area contributed by atoms with Crippen LogP contribution in [0.4, 0.5) is 0 Å².